The molecule has 94 valence electrons. The molecule has 0 aromatic carbocycles. The fraction of sp³-hybridized carbons (Fsp3) is 0.786. The van der Waals surface area contributed by atoms with Crippen LogP contribution < -0.4 is 0 Å². The van der Waals surface area contributed by atoms with Crippen LogP contribution in [0.25, 0.3) is 0 Å². The molecule has 0 radical (unpaired) electrons. The zero-order valence-corrected chi connectivity index (χ0v) is 10.9. The summed E-state index contributed by atoms with van der Waals surface area (Å²) in [5.74, 6) is 0. The van der Waals surface area contributed by atoms with Crippen LogP contribution in [0.3, 0.4) is 0 Å². The van der Waals surface area contributed by atoms with Crippen LogP contribution in [0.4, 0.5) is 0 Å². The molecule has 3 rings (SSSR count). The molecule has 0 N–H and O–H groups in total. The van der Waals surface area contributed by atoms with Gasteiger partial charge in [0.15, 0.2) is 0 Å². The minimum atomic E-state index is 0.188. The van der Waals surface area contributed by atoms with Crippen molar-refractivity contribution in [1.82, 2.24) is 9.78 Å². The third-order valence-electron chi connectivity index (χ3n) is 4.34. The van der Waals surface area contributed by atoms with Gasteiger partial charge in [-0.25, -0.2) is 0 Å². The van der Waals surface area contributed by atoms with E-state index in [2.05, 4.69) is 29.8 Å². The van der Waals surface area contributed by atoms with Crippen molar-refractivity contribution in [3.05, 3.63) is 18.5 Å². The molecule has 1 saturated carbocycles. The fourth-order valence-electron chi connectivity index (χ4n) is 3.53. The number of hydrogen-bond acceptors (Lipinski definition) is 2. The van der Waals surface area contributed by atoms with Gasteiger partial charge in [0.05, 0.1) is 18.2 Å². The zero-order chi connectivity index (χ0) is 11.9. The van der Waals surface area contributed by atoms with Gasteiger partial charge in [-0.15, -0.1) is 0 Å². The van der Waals surface area contributed by atoms with Gasteiger partial charge in [-0.2, -0.15) is 5.10 Å². The molecular weight excluding hydrogens is 212 g/mol. The summed E-state index contributed by atoms with van der Waals surface area (Å²) < 4.78 is 8.25. The van der Waals surface area contributed by atoms with Crippen molar-refractivity contribution >= 4 is 0 Å². The highest BCUT2D eigenvalue weighted by atomic mass is 16.5. The molecule has 1 saturated heterocycles. The van der Waals surface area contributed by atoms with Gasteiger partial charge in [0.1, 0.15) is 0 Å². The molecule has 3 heteroatoms. The summed E-state index contributed by atoms with van der Waals surface area (Å²) >= 11 is 0. The van der Waals surface area contributed by atoms with Crippen LogP contribution >= 0.6 is 0 Å². The van der Waals surface area contributed by atoms with Gasteiger partial charge in [0, 0.05) is 12.4 Å². The zero-order valence-electron chi connectivity index (χ0n) is 10.9. The Hall–Kier alpha value is -0.830. The van der Waals surface area contributed by atoms with Crippen molar-refractivity contribution in [2.24, 2.45) is 5.41 Å². The molecule has 2 aliphatic rings. The molecule has 1 aliphatic carbocycles. The predicted molar refractivity (Wildman–Crippen MR) is 66.8 cm³/mol. The van der Waals surface area contributed by atoms with Gasteiger partial charge in [-0.3, -0.25) is 4.68 Å². The number of ether oxygens (including phenoxy) is 1. The van der Waals surface area contributed by atoms with Crippen molar-refractivity contribution in [3.8, 4) is 0 Å². The SMILES string of the molecule is CC1(C)COC2(CCC(n3cccn3)CC2)C1. The van der Waals surface area contributed by atoms with E-state index in [0.29, 0.717) is 11.5 Å². The Bertz CT molecular complexity index is 375. The average molecular weight is 234 g/mol. The van der Waals surface area contributed by atoms with E-state index in [-0.39, 0.29) is 5.60 Å². The van der Waals surface area contributed by atoms with Gasteiger partial charge in [-0.1, -0.05) is 13.8 Å². The Kier molecular flexibility index (Phi) is 2.54. The standard InChI is InChI=1S/C14H22N2O/c1-13(2)10-14(17-11-13)6-4-12(5-7-14)16-9-3-8-15-16/h3,8-9,12H,4-7,10-11H2,1-2H3. The second kappa shape index (κ2) is 3.84. The lowest BCUT2D eigenvalue weighted by Gasteiger charge is -2.37. The third kappa shape index (κ3) is 2.13. The number of aromatic nitrogens is 2. The lowest BCUT2D eigenvalue weighted by molar-refractivity contribution is -0.0351. The molecule has 2 heterocycles. The van der Waals surface area contributed by atoms with Crippen LogP contribution in [-0.2, 0) is 4.74 Å². The first-order valence-electron chi connectivity index (χ1n) is 6.72. The van der Waals surface area contributed by atoms with Crippen LogP contribution in [0, 0.1) is 5.41 Å². The van der Waals surface area contributed by atoms with E-state index in [1.807, 2.05) is 12.3 Å². The Labute approximate surface area is 103 Å². The largest absolute Gasteiger partial charge is 0.374 e. The number of rotatable bonds is 1. The van der Waals surface area contributed by atoms with Gasteiger partial charge < -0.3 is 4.74 Å². The first-order valence-corrected chi connectivity index (χ1v) is 6.72. The Morgan fingerprint density at radius 3 is 2.59 bits per heavy atom. The van der Waals surface area contributed by atoms with Gasteiger partial charge >= 0.3 is 0 Å². The molecule has 0 atom stereocenters. The maximum atomic E-state index is 6.13. The molecule has 1 aromatic heterocycles. The summed E-state index contributed by atoms with van der Waals surface area (Å²) in [6.45, 7) is 5.57. The van der Waals surface area contributed by atoms with Crippen LogP contribution in [-0.4, -0.2) is 22.0 Å². The predicted octanol–water partition coefficient (Wildman–Crippen LogP) is 3.18. The average Bonchev–Trinajstić information content (AvgIpc) is 2.89. The molecule has 2 fully saturated rings. The lowest BCUT2D eigenvalue weighted by atomic mass is 9.75. The maximum absolute atomic E-state index is 6.13. The molecule has 0 bridgehead atoms. The van der Waals surface area contributed by atoms with E-state index < -0.39 is 0 Å². The Morgan fingerprint density at radius 2 is 2.06 bits per heavy atom. The molecule has 1 aromatic rings. The van der Waals surface area contributed by atoms with E-state index in [1.54, 1.807) is 0 Å². The summed E-state index contributed by atoms with van der Waals surface area (Å²) in [6, 6.07) is 2.60. The summed E-state index contributed by atoms with van der Waals surface area (Å²) in [5.41, 5.74) is 0.561. The third-order valence-corrected chi connectivity index (χ3v) is 4.34. The summed E-state index contributed by atoms with van der Waals surface area (Å²) in [6.07, 6.45) is 9.99. The van der Waals surface area contributed by atoms with Crippen molar-refractivity contribution in [2.75, 3.05) is 6.61 Å². The summed E-state index contributed by atoms with van der Waals surface area (Å²) in [5, 5.41) is 4.36. The molecule has 17 heavy (non-hydrogen) atoms. The minimum Gasteiger partial charge on any atom is -0.374 e. The number of nitrogens with zero attached hydrogens (tertiary/aromatic N) is 2. The highest BCUT2D eigenvalue weighted by Crippen LogP contribution is 2.48. The second-order valence-corrected chi connectivity index (χ2v) is 6.53. The van der Waals surface area contributed by atoms with Crippen LogP contribution in [0.2, 0.25) is 0 Å². The first-order chi connectivity index (χ1) is 8.09. The minimum absolute atomic E-state index is 0.188. The van der Waals surface area contributed by atoms with Crippen LogP contribution in [0.5, 0.6) is 0 Å². The monoisotopic (exact) mass is 234 g/mol. The van der Waals surface area contributed by atoms with Gasteiger partial charge in [0.2, 0.25) is 0 Å². The van der Waals surface area contributed by atoms with Crippen molar-refractivity contribution in [3.63, 3.8) is 0 Å². The van der Waals surface area contributed by atoms with E-state index in [1.165, 1.54) is 32.1 Å². The molecule has 1 aliphatic heterocycles. The van der Waals surface area contributed by atoms with Crippen molar-refractivity contribution in [2.45, 2.75) is 57.6 Å². The van der Waals surface area contributed by atoms with Crippen LogP contribution in [0.15, 0.2) is 18.5 Å². The topological polar surface area (TPSA) is 27.1 Å². The second-order valence-electron chi connectivity index (χ2n) is 6.53. The van der Waals surface area contributed by atoms with Crippen molar-refractivity contribution in [1.29, 1.82) is 0 Å². The first kappa shape index (κ1) is 11.3. The summed E-state index contributed by atoms with van der Waals surface area (Å²) in [7, 11) is 0. The molecule has 0 unspecified atom stereocenters. The summed E-state index contributed by atoms with van der Waals surface area (Å²) in [4.78, 5) is 0. The molecule has 0 amide bonds. The maximum Gasteiger partial charge on any atom is 0.0690 e. The van der Waals surface area contributed by atoms with E-state index in [0.717, 1.165) is 6.61 Å². The normalized spacial score (nSPS) is 36.5. The highest BCUT2D eigenvalue weighted by Gasteiger charge is 2.46. The van der Waals surface area contributed by atoms with Crippen LogP contribution in [0.1, 0.15) is 52.0 Å². The molecule has 3 nitrogen and oxygen atoms in total. The molecular formula is C14H22N2O. The highest BCUT2D eigenvalue weighted by molar-refractivity contribution is 4.97. The quantitative estimate of drug-likeness (QED) is 0.746. The lowest BCUT2D eigenvalue weighted by Crippen LogP contribution is -2.34. The molecule has 1 spiro atoms. The van der Waals surface area contributed by atoms with Gasteiger partial charge in [-0.05, 0) is 43.6 Å². The van der Waals surface area contributed by atoms with Gasteiger partial charge in [0.25, 0.3) is 0 Å². The van der Waals surface area contributed by atoms with E-state index >= 15 is 0 Å². The van der Waals surface area contributed by atoms with E-state index in [4.69, 9.17) is 4.74 Å². The van der Waals surface area contributed by atoms with Crippen molar-refractivity contribution < 1.29 is 4.74 Å². The smallest absolute Gasteiger partial charge is 0.0690 e. The Balaban J connectivity index is 1.65. The fourth-order valence-corrected chi connectivity index (χ4v) is 3.53. The van der Waals surface area contributed by atoms with E-state index in [9.17, 15) is 0 Å². The number of hydrogen-bond donors (Lipinski definition) is 0. The Morgan fingerprint density at radius 1 is 1.29 bits per heavy atom.